The van der Waals surface area contributed by atoms with Crippen molar-refractivity contribution in [1.82, 2.24) is 4.98 Å². The van der Waals surface area contributed by atoms with Gasteiger partial charge in [0.05, 0.1) is 13.2 Å². The summed E-state index contributed by atoms with van der Waals surface area (Å²) in [7, 11) is 0. The number of benzene rings is 1. The standard InChI is InChI=1S/C16H20N2O2/c1-2-16(19-9-10-20-16)7-8-17-11-13-12-18-15-6-4-3-5-14(13)15/h3-6,11-12,18H,2,7-10H2,1H3. The zero-order valence-electron chi connectivity index (χ0n) is 11.8. The molecule has 2 heterocycles. The Morgan fingerprint density at radius 2 is 2.10 bits per heavy atom. The first-order valence-electron chi connectivity index (χ1n) is 7.17. The summed E-state index contributed by atoms with van der Waals surface area (Å²) in [6, 6.07) is 8.24. The number of hydrogen-bond acceptors (Lipinski definition) is 3. The highest BCUT2D eigenvalue weighted by molar-refractivity contribution is 5.98. The van der Waals surface area contributed by atoms with Crippen molar-refractivity contribution in [3.63, 3.8) is 0 Å². The van der Waals surface area contributed by atoms with Crippen molar-refractivity contribution in [2.45, 2.75) is 25.6 Å². The van der Waals surface area contributed by atoms with Gasteiger partial charge in [-0.15, -0.1) is 0 Å². The predicted molar refractivity (Wildman–Crippen MR) is 80.3 cm³/mol. The van der Waals surface area contributed by atoms with Gasteiger partial charge in [0.15, 0.2) is 5.79 Å². The number of aromatic amines is 1. The van der Waals surface area contributed by atoms with Crippen LogP contribution in [0.1, 0.15) is 25.3 Å². The van der Waals surface area contributed by atoms with E-state index in [0.717, 1.165) is 23.9 Å². The SMILES string of the molecule is CCC1(CCN=Cc2c[nH]c3ccccc23)OCCO1. The molecule has 0 bridgehead atoms. The maximum Gasteiger partial charge on any atom is 0.170 e. The number of nitrogens with zero attached hydrogens (tertiary/aromatic N) is 1. The quantitative estimate of drug-likeness (QED) is 0.850. The van der Waals surface area contributed by atoms with Gasteiger partial charge in [-0.25, -0.2) is 0 Å². The first-order chi connectivity index (χ1) is 9.83. The van der Waals surface area contributed by atoms with Crippen molar-refractivity contribution in [2.75, 3.05) is 19.8 Å². The first kappa shape index (κ1) is 13.3. The van der Waals surface area contributed by atoms with Crippen LogP contribution in [0.4, 0.5) is 0 Å². The Kier molecular flexibility index (Phi) is 3.85. The number of ether oxygens (including phenoxy) is 2. The van der Waals surface area contributed by atoms with Crippen LogP contribution in [0.2, 0.25) is 0 Å². The average Bonchev–Trinajstić information content (AvgIpc) is 3.12. The number of para-hydroxylation sites is 1. The number of H-pyrrole nitrogens is 1. The van der Waals surface area contributed by atoms with Crippen molar-refractivity contribution < 1.29 is 9.47 Å². The van der Waals surface area contributed by atoms with E-state index in [1.807, 2.05) is 24.5 Å². The van der Waals surface area contributed by atoms with E-state index in [9.17, 15) is 0 Å². The van der Waals surface area contributed by atoms with E-state index in [1.54, 1.807) is 0 Å². The van der Waals surface area contributed by atoms with Crippen molar-refractivity contribution in [2.24, 2.45) is 4.99 Å². The van der Waals surface area contributed by atoms with E-state index >= 15 is 0 Å². The summed E-state index contributed by atoms with van der Waals surface area (Å²) in [6.07, 6.45) is 5.60. The first-order valence-corrected chi connectivity index (χ1v) is 7.17. The van der Waals surface area contributed by atoms with Gasteiger partial charge < -0.3 is 14.5 Å². The summed E-state index contributed by atoms with van der Waals surface area (Å²) in [4.78, 5) is 7.76. The molecular formula is C16H20N2O2. The molecule has 1 N–H and O–H groups in total. The van der Waals surface area contributed by atoms with E-state index in [-0.39, 0.29) is 0 Å². The average molecular weight is 272 g/mol. The van der Waals surface area contributed by atoms with Crippen LogP contribution in [0.3, 0.4) is 0 Å². The Hall–Kier alpha value is -1.65. The molecule has 1 aromatic carbocycles. The molecule has 0 saturated carbocycles. The van der Waals surface area contributed by atoms with Crippen LogP contribution in [0, 0.1) is 0 Å². The van der Waals surface area contributed by atoms with Crippen LogP contribution in [-0.2, 0) is 9.47 Å². The monoisotopic (exact) mass is 272 g/mol. The number of nitrogens with one attached hydrogen (secondary N) is 1. The maximum absolute atomic E-state index is 5.69. The third kappa shape index (κ3) is 2.62. The summed E-state index contributed by atoms with van der Waals surface area (Å²) < 4.78 is 11.4. The highest BCUT2D eigenvalue weighted by Crippen LogP contribution is 2.26. The molecule has 1 saturated heterocycles. The molecule has 20 heavy (non-hydrogen) atoms. The maximum atomic E-state index is 5.69. The second-order valence-electron chi connectivity index (χ2n) is 5.04. The van der Waals surface area contributed by atoms with E-state index in [0.29, 0.717) is 19.8 Å². The number of hydrogen-bond donors (Lipinski definition) is 1. The Bertz CT molecular complexity index is 597. The van der Waals surface area contributed by atoms with E-state index in [4.69, 9.17) is 9.47 Å². The fourth-order valence-corrected chi connectivity index (χ4v) is 2.62. The molecule has 0 unspecified atom stereocenters. The molecule has 0 aliphatic carbocycles. The van der Waals surface area contributed by atoms with Crippen molar-refractivity contribution >= 4 is 17.1 Å². The van der Waals surface area contributed by atoms with Gasteiger partial charge >= 0.3 is 0 Å². The minimum Gasteiger partial charge on any atom is -0.361 e. The minimum absolute atomic E-state index is 0.405. The van der Waals surface area contributed by atoms with Gasteiger partial charge in [-0.05, 0) is 12.5 Å². The third-order valence-electron chi connectivity index (χ3n) is 3.83. The number of aromatic nitrogens is 1. The lowest BCUT2D eigenvalue weighted by Gasteiger charge is -2.24. The normalized spacial score (nSPS) is 18.2. The number of aliphatic imine (C=N–C) groups is 1. The predicted octanol–water partition coefficient (Wildman–Crippen LogP) is 3.13. The third-order valence-corrected chi connectivity index (χ3v) is 3.83. The molecule has 106 valence electrons. The summed E-state index contributed by atoms with van der Waals surface area (Å²) in [6.45, 7) is 4.20. The number of fused-ring (bicyclic) bond motifs is 1. The smallest absolute Gasteiger partial charge is 0.170 e. The zero-order valence-corrected chi connectivity index (χ0v) is 11.8. The van der Waals surface area contributed by atoms with Crippen LogP contribution in [0.25, 0.3) is 10.9 Å². The Morgan fingerprint density at radius 1 is 1.30 bits per heavy atom. The van der Waals surface area contributed by atoms with E-state index < -0.39 is 5.79 Å². The number of rotatable bonds is 5. The fourth-order valence-electron chi connectivity index (χ4n) is 2.62. The van der Waals surface area contributed by atoms with Gasteiger partial charge in [0.25, 0.3) is 0 Å². The summed E-state index contributed by atoms with van der Waals surface area (Å²) >= 11 is 0. The highest BCUT2D eigenvalue weighted by Gasteiger charge is 2.33. The molecule has 1 aliphatic heterocycles. The molecule has 4 heteroatoms. The molecule has 2 aromatic rings. The van der Waals surface area contributed by atoms with Crippen LogP contribution < -0.4 is 0 Å². The Balaban J connectivity index is 1.63. The van der Waals surface area contributed by atoms with Crippen LogP contribution in [0.15, 0.2) is 35.5 Å². The second kappa shape index (κ2) is 5.77. The van der Waals surface area contributed by atoms with Gasteiger partial charge in [0.1, 0.15) is 0 Å². The van der Waals surface area contributed by atoms with Gasteiger partial charge in [0.2, 0.25) is 0 Å². The van der Waals surface area contributed by atoms with Crippen LogP contribution >= 0.6 is 0 Å². The largest absolute Gasteiger partial charge is 0.361 e. The molecule has 1 aliphatic rings. The second-order valence-corrected chi connectivity index (χ2v) is 5.04. The van der Waals surface area contributed by atoms with Gasteiger partial charge in [-0.1, -0.05) is 25.1 Å². The Labute approximate surface area is 118 Å². The topological polar surface area (TPSA) is 46.6 Å². The molecule has 1 fully saturated rings. The van der Waals surface area contributed by atoms with Gasteiger partial charge in [-0.3, -0.25) is 4.99 Å². The summed E-state index contributed by atoms with van der Waals surface area (Å²) in [5.74, 6) is -0.405. The van der Waals surface area contributed by atoms with Crippen LogP contribution in [0.5, 0.6) is 0 Å². The molecule has 4 nitrogen and oxygen atoms in total. The molecule has 3 rings (SSSR count). The van der Waals surface area contributed by atoms with E-state index in [2.05, 4.69) is 29.0 Å². The Morgan fingerprint density at radius 3 is 2.90 bits per heavy atom. The van der Waals surface area contributed by atoms with Crippen molar-refractivity contribution in [1.29, 1.82) is 0 Å². The van der Waals surface area contributed by atoms with E-state index in [1.165, 1.54) is 5.39 Å². The minimum atomic E-state index is -0.405. The van der Waals surface area contributed by atoms with Crippen LogP contribution in [-0.4, -0.2) is 36.7 Å². The fraction of sp³-hybridized carbons (Fsp3) is 0.438. The summed E-state index contributed by atoms with van der Waals surface area (Å²) in [5, 5.41) is 1.20. The van der Waals surface area contributed by atoms with Gasteiger partial charge in [-0.2, -0.15) is 0 Å². The zero-order chi connectivity index (χ0) is 13.8. The lowest BCUT2D eigenvalue weighted by molar-refractivity contribution is -0.161. The molecule has 0 spiro atoms. The molecular weight excluding hydrogens is 252 g/mol. The molecule has 0 amide bonds. The summed E-state index contributed by atoms with van der Waals surface area (Å²) in [5.41, 5.74) is 2.26. The molecule has 0 radical (unpaired) electrons. The van der Waals surface area contributed by atoms with Gasteiger partial charge in [0, 0.05) is 41.8 Å². The van der Waals surface area contributed by atoms with Crippen molar-refractivity contribution in [3.8, 4) is 0 Å². The highest BCUT2D eigenvalue weighted by atomic mass is 16.7. The lowest BCUT2D eigenvalue weighted by atomic mass is 10.1. The van der Waals surface area contributed by atoms with Crippen molar-refractivity contribution in [3.05, 3.63) is 36.0 Å². The molecule has 0 atom stereocenters. The molecule has 1 aromatic heterocycles. The lowest BCUT2D eigenvalue weighted by Crippen LogP contribution is -2.29.